The van der Waals surface area contributed by atoms with Crippen molar-refractivity contribution < 1.29 is 0 Å². The molecule has 0 unspecified atom stereocenters. The quantitative estimate of drug-likeness (QED) is 0.844. The van der Waals surface area contributed by atoms with Gasteiger partial charge in [0.05, 0.1) is 5.69 Å². The van der Waals surface area contributed by atoms with Crippen molar-refractivity contribution >= 4 is 29.2 Å². The summed E-state index contributed by atoms with van der Waals surface area (Å²) >= 11 is 12.1. The van der Waals surface area contributed by atoms with Gasteiger partial charge in [0.2, 0.25) is 5.95 Å². The Kier molecular flexibility index (Phi) is 4.61. The molecule has 3 rings (SSSR count). The largest absolute Gasteiger partial charge is 0.351 e. The number of hydrogen-bond acceptors (Lipinski definition) is 3. The third-order valence-electron chi connectivity index (χ3n) is 3.75. The fourth-order valence-electron chi connectivity index (χ4n) is 2.72. The summed E-state index contributed by atoms with van der Waals surface area (Å²) in [5.41, 5.74) is 1.73. The van der Waals surface area contributed by atoms with E-state index in [2.05, 4.69) is 15.3 Å². The Hall–Kier alpha value is -1.32. The second kappa shape index (κ2) is 6.63. The van der Waals surface area contributed by atoms with Crippen molar-refractivity contribution in [1.82, 2.24) is 9.97 Å². The summed E-state index contributed by atoms with van der Waals surface area (Å²) in [7, 11) is 0. The molecular weight excluding hydrogens is 305 g/mol. The summed E-state index contributed by atoms with van der Waals surface area (Å²) in [6.07, 6.45) is 8.04. The van der Waals surface area contributed by atoms with E-state index in [1.54, 1.807) is 12.3 Å². The number of rotatable bonds is 3. The van der Waals surface area contributed by atoms with Gasteiger partial charge in [0.25, 0.3) is 0 Å². The van der Waals surface area contributed by atoms with Gasteiger partial charge in [0.1, 0.15) is 0 Å². The van der Waals surface area contributed by atoms with Crippen LogP contribution in [0.2, 0.25) is 10.0 Å². The molecule has 110 valence electrons. The minimum atomic E-state index is 0.483. The van der Waals surface area contributed by atoms with Crippen LogP contribution in [0.25, 0.3) is 11.3 Å². The first-order valence-electron chi connectivity index (χ1n) is 7.27. The van der Waals surface area contributed by atoms with Crippen LogP contribution in [-0.4, -0.2) is 16.0 Å². The van der Waals surface area contributed by atoms with Crippen LogP contribution in [0.15, 0.2) is 30.5 Å². The molecule has 1 aromatic carbocycles. The van der Waals surface area contributed by atoms with E-state index in [0.29, 0.717) is 22.0 Å². The molecule has 1 saturated carbocycles. The minimum Gasteiger partial charge on any atom is -0.351 e. The molecule has 0 bridgehead atoms. The van der Waals surface area contributed by atoms with Crippen LogP contribution in [0.1, 0.15) is 32.1 Å². The summed E-state index contributed by atoms with van der Waals surface area (Å²) in [4.78, 5) is 8.90. The van der Waals surface area contributed by atoms with Gasteiger partial charge in [-0.25, -0.2) is 9.97 Å². The summed E-state index contributed by atoms with van der Waals surface area (Å²) < 4.78 is 0. The van der Waals surface area contributed by atoms with E-state index >= 15 is 0 Å². The number of benzene rings is 1. The van der Waals surface area contributed by atoms with Crippen LogP contribution in [0.3, 0.4) is 0 Å². The maximum atomic E-state index is 6.05. The molecule has 1 aliphatic carbocycles. The minimum absolute atomic E-state index is 0.483. The Morgan fingerprint density at radius 2 is 1.71 bits per heavy atom. The molecule has 0 aliphatic heterocycles. The number of hydrogen-bond donors (Lipinski definition) is 1. The molecule has 5 heteroatoms. The van der Waals surface area contributed by atoms with E-state index in [0.717, 1.165) is 11.3 Å². The molecular formula is C16H17Cl2N3. The van der Waals surface area contributed by atoms with E-state index in [4.69, 9.17) is 23.2 Å². The Morgan fingerprint density at radius 1 is 1.00 bits per heavy atom. The van der Waals surface area contributed by atoms with E-state index < -0.39 is 0 Å². The summed E-state index contributed by atoms with van der Waals surface area (Å²) in [6, 6.07) is 7.79. The zero-order valence-electron chi connectivity index (χ0n) is 11.6. The lowest BCUT2D eigenvalue weighted by Gasteiger charge is -2.22. The van der Waals surface area contributed by atoms with Crippen LogP contribution >= 0.6 is 23.2 Å². The van der Waals surface area contributed by atoms with Gasteiger partial charge < -0.3 is 5.32 Å². The van der Waals surface area contributed by atoms with E-state index in [1.165, 1.54) is 32.1 Å². The Balaban J connectivity index is 1.82. The second-order valence-corrected chi connectivity index (χ2v) is 6.28. The van der Waals surface area contributed by atoms with Crippen molar-refractivity contribution in [2.75, 3.05) is 5.32 Å². The van der Waals surface area contributed by atoms with Crippen molar-refractivity contribution in [3.63, 3.8) is 0 Å². The van der Waals surface area contributed by atoms with Crippen LogP contribution in [-0.2, 0) is 0 Å². The highest BCUT2D eigenvalue weighted by atomic mass is 35.5. The molecule has 2 aromatic rings. The van der Waals surface area contributed by atoms with Gasteiger partial charge in [0, 0.05) is 27.8 Å². The van der Waals surface area contributed by atoms with Crippen molar-refractivity contribution in [1.29, 1.82) is 0 Å². The van der Waals surface area contributed by atoms with Crippen molar-refractivity contribution in [2.24, 2.45) is 0 Å². The molecule has 0 amide bonds. The molecule has 21 heavy (non-hydrogen) atoms. The predicted molar refractivity (Wildman–Crippen MR) is 88.0 cm³/mol. The average molecular weight is 322 g/mol. The molecule has 0 spiro atoms. The molecule has 1 N–H and O–H groups in total. The zero-order chi connectivity index (χ0) is 14.7. The lowest BCUT2D eigenvalue weighted by molar-refractivity contribution is 0.461. The van der Waals surface area contributed by atoms with Gasteiger partial charge >= 0.3 is 0 Å². The SMILES string of the molecule is Clc1cc(Cl)cc(-c2ccnc(NC3CCCCC3)n2)c1. The third-order valence-corrected chi connectivity index (χ3v) is 4.19. The number of anilines is 1. The second-order valence-electron chi connectivity index (χ2n) is 5.40. The predicted octanol–water partition coefficient (Wildman–Crippen LogP) is 5.20. The van der Waals surface area contributed by atoms with Gasteiger partial charge in [-0.05, 0) is 37.1 Å². The maximum absolute atomic E-state index is 6.05. The number of nitrogens with one attached hydrogen (secondary N) is 1. The Bertz CT molecular complexity index is 604. The monoisotopic (exact) mass is 321 g/mol. The van der Waals surface area contributed by atoms with Crippen LogP contribution < -0.4 is 5.32 Å². The Labute approximate surface area is 134 Å². The molecule has 1 heterocycles. The smallest absolute Gasteiger partial charge is 0.223 e. The van der Waals surface area contributed by atoms with E-state index in [-0.39, 0.29) is 0 Å². The summed E-state index contributed by atoms with van der Waals surface area (Å²) in [5, 5.41) is 4.65. The van der Waals surface area contributed by atoms with Crippen molar-refractivity contribution in [3.8, 4) is 11.3 Å². The molecule has 0 atom stereocenters. The average Bonchev–Trinajstić information content (AvgIpc) is 2.47. The maximum Gasteiger partial charge on any atom is 0.223 e. The standard InChI is InChI=1S/C16H17Cl2N3/c17-12-8-11(9-13(18)10-12)15-6-7-19-16(21-15)20-14-4-2-1-3-5-14/h6-10,14H,1-5H2,(H,19,20,21). The molecule has 0 radical (unpaired) electrons. The summed E-state index contributed by atoms with van der Waals surface area (Å²) in [5.74, 6) is 0.676. The van der Waals surface area contributed by atoms with Gasteiger partial charge in [-0.3, -0.25) is 0 Å². The lowest BCUT2D eigenvalue weighted by atomic mass is 9.96. The van der Waals surface area contributed by atoms with Crippen molar-refractivity contribution in [3.05, 3.63) is 40.5 Å². The van der Waals surface area contributed by atoms with Crippen LogP contribution in [0.5, 0.6) is 0 Å². The molecule has 1 aromatic heterocycles. The van der Waals surface area contributed by atoms with E-state index in [9.17, 15) is 0 Å². The van der Waals surface area contributed by atoms with Crippen molar-refractivity contribution in [2.45, 2.75) is 38.1 Å². The van der Waals surface area contributed by atoms with Gasteiger partial charge in [-0.1, -0.05) is 42.5 Å². The molecule has 3 nitrogen and oxygen atoms in total. The van der Waals surface area contributed by atoms with Crippen LogP contribution in [0.4, 0.5) is 5.95 Å². The normalized spacial score (nSPS) is 15.9. The van der Waals surface area contributed by atoms with Gasteiger partial charge in [0.15, 0.2) is 0 Å². The molecule has 1 fully saturated rings. The van der Waals surface area contributed by atoms with Gasteiger partial charge in [-0.2, -0.15) is 0 Å². The molecule has 0 saturated heterocycles. The first kappa shape index (κ1) is 14.6. The first-order chi connectivity index (χ1) is 10.2. The number of aromatic nitrogens is 2. The lowest BCUT2D eigenvalue weighted by Crippen LogP contribution is -2.23. The number of halogens is 2. The molecule has 1 aliphatic rings. The summed E-state index contributed by atoms with van der Waals surface area (Å²) in [6.45, 7) is 0. The van der Waals surface area contributed by atoms with E-state index in [1.807, 2.05) is 18.2 Å². The third kappa shape index (κ3) is 3.86. The fraction of sp³-hybridized carbons (Fsp3) is 0.375. The van der Waals surface area contributed by atoms with Gasteiger partial charge in [-0.15, -0.1) is 0 Å². The zero-order valence-corrected chi connectivity index (χ0v) is 13.2. The fourth-order valence-corrected chi connectivity index (χ4v) is 3.25. The topological polar surface area (TPSA) is 37.8 Å². The number of nitrogens with zero attached hydrogens (tertiary/aromatic N) is 2. The highest BCUT2D eigenvalue weighted by molar-refractivity contribution is 6.35. The highest BCUT2D eigenvalue weighted by Crippen LogP contribution is 2.27. The van der Waals surface area contributed by atoms with Crippen LogP contribution in [0, 0.1) is 0 Å². The first-order valence-corrected chi connectivity index (χ1v) is 8.02. The highest BCUT2D eigenvalue weighted by Gasteiger charge is 2.14. The Morgan fingerprint density at radius 3 is 2.43 bits per heavy atom.